The van der Waals surface area contributed by atoms with Gasteiger partial charge in [0.25, 0.3) is 5.91 Å². The van der Waals surface area contributed by atoms with Gasteiger partial charge in [0.15, 0.2) is 0 Å². The van der Waals surface area contributed by atoms with Crippen molar-refractivity contribution in [3.8, 4) is 0 Å². The summed E-state index contributed by atoms with van der Waals surface area (Å²) in [6.45, 7) is 3.08. The zero-order valence-corrected chi connectivity index (χ0v) is 12.1. The van der Waals surface area contributed by atoms with E-state index in [9.17, 15) is 9.18 Å². The molecule has 2 aromatic rings. The summed E-state index contributed by atoms with van der Waals surface area (Å²) in [4.78, 5) is 16.6. The van der Waals surface area contributed by atoms with Crippen LogP contribution >= 0.6 is 0 Å². The molecule has 2 aromatic carbocycles. The van der Waals surface area contributed by atoms with Crippen LogP contribution < -0.4 is 9.80 Å². The summed E-state index contributed by atoms with van der Waals surface area (Å²) in [5.74, 6) is -0.371. The summed E-state index contributed by atoms with van der Waals surface area (Å²) in [5, 5.41) is 0. The van der Waals surface area contributed by atoms with E-state index < -0.39 is 0 Å². The Morgan fingerprint density at radius 3 is 2.52 bits per heavy atom. The maximum Gasteiger partial charge on any atom is 0.258 e. The molecule has 0 saturated heterocycles. The van der Waals surface area contributed by atoms with E-state index in [2.05, 4.69) is 4.90 Å². The van der Waals surface area contributed by atoms with E-state index in [1.807, 2.05) is 31.3 Å². The Bertz CT molecular complexity index is 699. The number of hydrogen-bond acceptors (Lipinski definition) is 2. The highest BCUT2D eigenvalue weighted by Gasteiger charge is 2.25. The van der Waals surface area contributed by atoms with Crippen LogP contribution in [0.1, 0.15) is 15.9 Å². The van der Waals surface area contributed by atoms with Crippen LogP contribution in [0.5, 0.6) is 0 Å². The van der Waals surface area contributed by atoms with Gasteiger partial charge in [-0.3, -0.25) is 4.79 Å². The molecule has 0 fully saturated rings. The number of nitrogens with zero attached hydrogens (tertiary/aromatic N) is 2. The summed E-state index contributed by atoms with van der Waals surface area (Å²) in [7, 11) is 2.02. The first-order chi connectivity index (χ1) is 10.1. The number of anilines is 2. The van der Waals surface area contributed by atoms with Crippen LogP contribution in [0.15, 0.2) is 42.5 Å². The second-order valence-electron chi connectivity index (χ2n) is 5.33. The third-order valence-electron chi connectivity index (χ3n) is 3.89. The molecule has 0 spiro atoms. The number of fused-ring (bicyclic) bond motifs is 1. The molecule has 1 amide bonds. The van der Waals surface area contributed by atoms with Crippen molar-refractivity contribution < 1.29 is 9.18 Å². The van der Waals surface area contributed by atoms with Gasteiger partial charge < -0.3 is 9.80 Å². The number of benzene rings is 2. The normalized spacial score (nSPS) is 14.0. The van der Waals surface area contributed by atoms with Crippen molar-refractivity contribution in [3.63, 3.8) is 0 Å². The fourth-order valence-electron chi connectivity index (χ4n) is 2.65. The summed E-state index contributed by atoms with van der Waals surface area (Å²) in [6, 6.07) is 12.3. The van der Waals surface area contributed by atoms with Crippen molar-refractivity contribution in [2.75, 3.05) is 29.9 Å². The molecule has 1 heterocycles. The van der Waals surface area contributed by atoms with Crippen LogP contribution in [-0.4, -0.2) is 26.0 Å². The number of hydrogen-bond donors (Lipinski definition) is 0. The molecule has 1 aliphatic heterocycles. The molecule has 0 aromatic heterocycles. The van der Waals surface area contributed by atoms with Crippen LogP contribution in [0.3, 0.4) is 0 Å². The minimum atomic E-state index is -0.287. The van der Waals surface area contributed by atoms with Gasteiger partial charge in [-0.15, -0.1) is 0 Å². The molecule has 0 saturated carbocycles. The SMILES string of the molecule is Cc1cc(C(=O)N2CCN(C)c3ccccc32)ccc1F. The van der Waals surface area contributed by atoms with E-state index in [4.69, 9.17) is 0 Å². The third-order valence-corrected chi connectivity index (χ3v) is 3.89. The number of carbonyl (C=O) groups excluding carboxylic acids is 1. The third kappa shape index (κ3) is 2.37. The van der Waals surface area contributed by atoms with Crippen LogP contribution in [-0.2, 0) is 0 Å². The lowest BCUT2D eigenvalue weighted by Gasteiger charge is -2.35. The number of aryl methyl sites for hydroxylation is 1. The average molecular weight is 284 g/mol. The number of para-hydroxylation sites is 2. The zero-order chi connectivity index (χ0) is 15.0. The highest BCUT2D eigenvalue weighted by Crippen LogP contribution is 2.32. The van der Waals surface area contributed by atoms with Crippen molar-refractivity contribution in [2.45, 2.75) is 6.92 Å². The van der Waals surface area contributed by atoms with Crippen LogP contribution in [0.2, 0.25) is 0 Å². The van der Waals surface area contributed by atoms with E-state index in [0.717, 1.165) is 17.9 Å². The molecule has 3 rings (SSSR count). The van der Waals surface area contributed by atoms with Crippen molar-refractivity contribution in [3.05, 3.63) is 59.4 Å². The topological polar surface area (TPSA) is 23.6 Å². The molecule has 108 valence electrons. The van der Waals surface area contributed by atoms with Crippen molar-refractivity contribution in [1.82, 2.24) is 0 Å². The van der Waals surface area contributed by atoms with Crippen LogP contribution in [0.4, 0.5) is 15.8 Å². The van der Waals surface area contributed by atoms with Gasteiger partial charge in [0, 0.05) is 25.7 Å². The van der Waals surface area contributed by atoms with E-state index in [0.29, 0.717) is 17.7 Å². The number of halogens is 1. The molecule has 1 aliphatic rings. The number of carbonyl (C=O) groups is 1. The van der Waals surface area contributed by atoms with Gasteiger partial charge in [0.2, 0.25) is 0 Å². The van der Waals surface area contributed by atoms with Gasteiger partial charge in [0.05, 0.1) is 11.4 Å². The second-order valence-corrected chi connectivity index (χ2v) is 5.33. The first-order valence-corrected chi connectivity index (χ1v) is 6.96. The predicted molar refractivity (Wildman–Crippen MR) is 82.5 cm³/mol. The van der Waals surface area contributed by atoms with Crippen molar-refractivity contribution in [2.24, 2.45) is 0 Å². The lowest BCUT2D eigenvalue weighted by atomic mass is 10.1. The molecule has 0 atom stereocenters. The van der Waals surface area contributed by atoms with Crippen LogP contribution in [0.25, 0.3) is 0 Å². The first kappa shape index (κ1) is 13.6. The molecule has 0 aliphatic carbocycles. The highest BCUT2D eigenvalue weighted by atomic mass is 19.1. The summed E-state index contributed by atoms with van der Waals surface area (Å²) < 4.78 is 13.4. The summed E-state index contributed by atoms with van der Waals surface area (Å²) in [5.41, 5.74) is 2.95. The van der Waals surface area contributed by atoms with Gasteiger partial charge in [-0.05, 0) is 42.8 Å². The summed E-state index contributed by atoms with van der Waals surface area (Å²) in [6.07, 6.45) is 0. The molecule has 0 radical (unpaired) electrons. The fourth-order valence-corrected chi connectivity index (χ4v) is 2.65. The molecule has 21 heavy (non-hydrogen) atoms. The molecular weight excluding hydrogens is 267 g/mol. The minimum Gasteiger partial charge on any atom is -0.371 e. The lowest BCUT2D eigenvalue weighted by Crippen LogP contribution is -2.42. The standard InChI is InChI=1S/C17H17FN2O/c1-12-11-13(7-8-14(12)18)17(21)20-10-9-19(2)15-5-3-4-6-16(15)20/h3-8,11H,9-10H2,1-2H3. The van der Waals surface area contributed by atoms with E-state index in [1.165, 1.54) is 6.07 Å². The van der Waals surface area contributed by atoms with E-state index in [1.54, 1.807) is 24.0 Å². The van der Waals surface area contributed by atoms with Crippen molar-refractivity contribution >= 4 is 17.3 Å². The largest absolute Gasteiger partial charge is 0.371 e. The lowest BCUT2D eigenvalue weighted by molar-refractivity contribution is 0.0986. The minimum absolute atomic E-state index is 0.0846. The van der Waals surface area contributed by atoms with Gasteiger partial charge in [-0.1, -0.05) is 12.1 Å². The molecule has 4 heteroatoms. The molecular formula is C17H17FN2O. The Hall–Kier alpha value is -2.36. The molecule has 0 bridgehead atoms. The number of amides is 1. The highest BCUT2D eigenvalue weighted by molar-refractivity contribution is 6.08. The smallest absolute Gasteiger partial charge is 0.258 e. The maximum absolute atomic E-state index is 13.4. The second kappa shape index (κ2) is 5.20. The maximum atomic E-state index is 13.4. The average Bonchev–Trinajstić information content (AvgIpc) is 2.50. The Balaban J connectivity index is 1.99. The van der Waals surface area contributed by atoms with E-state index >= 15 is 0 Å². The summed E-state index contributed by atoms with van der Waals surface area (Å²) >= 11 is 0. The molecule has 0 unspecified atom stereocenters. The van der Waals surface area contributed by atoms with Crippen LogP contribution in [0, 0.1) is 12.7 Å². The predicted octanol–water partition coefficient (Wildman–Crippen LogP) is 3.23. The van der Waals surface area contributed by atoms with Gasteiger partial charge in [-0.2, -0.15) is 0 Å². The molecule has 0 N–H and O–H groups in total. The Morgan fingerprint density at radius 1 is 1.10 bits per heavy atom. The first-order valence-electron chi connectivity index (χ1n) is 6.96. The van der Waals surface area contributed by atoms with Gasteiger partial charge in [0.1, 0.15) is 5.82 Å². The fraction of sp³-hybridized carbons (Fsp3) is 0.235. The van der Waals surface area contributed by atoms with Gasteiger partial charge in [-0.25, -0.2) is 4.39 Å². The molecule has 3 nitrogen and oxygen atoms in total. The van der Waals surface area contributed by atoms with Crippen molar-refractivity contribution in [1.29, 1.82) is 0 Å². The number of likely N-dealkylation sites (N-methyl/N-ethyl adjacent to an activating group) is 1. The Labute approximate surface area is 123 Å². The Kier molecular flexibility index (Phi) is 3.37. The van der Waals surface area contributed by atoms with Gasteiger partial charge >= 0.3 is 0 Å². The monoisotopic (exact) mass is 284 g/mol. The van der Waals surface area contributed by atoms with E-state index in [-0.39, 0.29) is 11.7 Å². The quantitative estimate of drug-likeness (QED) is 0.802. The zero-order valence-electron chi connectivity index (χ0n) is 12.1. The Morgan fingerprint density at radius 2 is 1.81 bits per heavy atom. The number of rotatable bonds is 1.